The lowest BCUT2D eigenvalue weighted by molar-refractivity contribution is 0.620. The van der Waals surface area contributed by atoms with Crippen LogP contribution >= 0.6 is 0 Å². The maximum absolute atomic E-state index is 6.42. The topological polar surface area (TPSA) is 75.9 Å². The molecule has 1 aliphatic rings. The van der Waals surface area contributed by atoms with Crippen LogP contribution in [0.4, 0.5) is 0 Å². The maximum Gasteiger partial charge on any atom is 0.227 e. The zero-order valence-electron chi connectivity index (χ0n) is 27.9. The summed E-state index contributed by atoms with van der Waals surface area (Å²) in [6.07, 6.45) is -0.298. The highest BCUT2D eigenvalue weighted by Gasteiger charge is 2.24. The van der Waals surface area contributed by atoms with E-state index in [1.807, 2.05) is 91.0 Å². The average Bonchev–Trinajstić information content (AvgIpc) is 3.83. The van der Waals surface area contributed by atoms with Crippen molar-refractivity contribution in [3.63, 3.8) is 0 Å². The van der Waals surface area contributed by atoms with Gasteiger partial charge in [0.2, 0.25) is 5.89 Å². The molecule has 3 heterocycles. The van der Waals surface area contributed by atoms with Gasteiger partial charge in [-0.3, -0.25) is 0 Å². The number of nitrogens with one attached hydrogen (secondary N) is 1. The Kier molecular flexibility index (Phi) is 7.10. The molecule has 246 valence electrons. The summed E-state index contributed by atoms with van der Waals surface area (Å²) in [7, 11) is 0. The van der Waals surface area contributed by atoms with Crippen LogP contribution in [0.15, 0.2) is 189 Å². The molecular weight excluding hydrogens is 641 g/mol. The Morgan fingerprint density at radius 2 is 1.13 bits per heavy atom. The Balaban J connectivity index is 1.03. The van der Waals surface area contributed by atoms with Gasteiger partial charge in [-0.15, -0.1) is 0 Å². The molecule has 0 fully saturated rings. The summed E-state index contributed by atoms with van der Waals surface area (Å²) in [5.74, 6) is 2.02. The van der Waals surface area contributed by atoms with Crippen molar-refractivity contribution in [2.45, 2.75) is 6.17 Å². The molecule has 2 aromatic heterocycles. The lowest BCUT2D eigenvalue weighted by atomic mass is 10.00. The van der Waals surface area contributed by atoms with Gasteiger partial charge in [0.05, 0.1) is 0 Å². The summed E-state index contributed by atoms with van der Waals surface area (Å²) in [5, 5.41) is 5.63. The first-order chi connectivity index (χ1) is 25.7. The molecule has 0 aliphatic carbocycles. The van der Waals surface area contributed by atoms with E-state index in [2.05, 4.69) is 84.2 Å². The Bertz CT molecular complexity index is 2800. The van der Waals surface area contributed by atoms with E-state index in [1.54, 1.807) is 0 Å². The molecule has 9 aromatic rings. The van der Waals surface area contributed by atoms with E-state index in [-0.39, 0.29) is 6.17 Å². The summed E-state index contributed by atoms with van der Waals surface area (Å²) >= 11 is 0. The molecule has 0 bridgehead atoms. The number of rotatable bonds is 6. The minimum absolute atomic E-state index is 0.298. The van der Waals surface area contributed by atoms with Crippen LogP contribution in [0.25, 0.3) is 66.7 Å². The van der Waals surface area contributed by atoms with E-state index in [0.717, 1.165) is 77.8 Å². The molecule has 7 aromatic carbocycles. The molecule has 1 aliphatic heterocycles. The number of furan rings is 1. The summed E-state index contributed by atoms with van der Waals surface area (Å²) in [6.45, 7) is 0. The lowest BCUT2D eigenvalue weighted by Crippen LogP contribution is -2.33. The molecular formula is C46H30N4O2. The summed E-state index contributed by atoms with van der Waals surface area (Å²) in [5.41, 5.74) is 11.5. The smallest absolute Gasteiger partial charge is 0.227 e. The van der Waals surface area contributed by atoms with Crippen LogP contribution in [0.5, 0.6) is 0 Å². The molecule has 0 amide bonds. The van der Waals surface area contributed by atoms with E-state index >= 15 is 0 Å². The van der Waals surface area contributed by atoms with Gasteiger partial charge in [-0.1, -0.05) is 127 Å². The molecule has 0 radical (unpaired) electrons. The zero-order valence-corrected chi connectivity index (χ0v) is 27.9. The fourth-order valence-electron chi connectivity index (χ4n) is 6.98. The molecule has 0 saturated heterocycles. The van der Waals surface area contributed by atoms with Crippen LogP contribution in [0.2, 0.25) is 0 Å². The van der Waals surface area contributed by atoms with Crippen molar-refractivity contribution < 1.29 is 8.83 Å². The third-order valence-corrected chi connectivity index (χ3v) is 9.60. The molecule has 10 rings (SSSR count). The number of hydrogen-bond acceptors (Lipinski definition) is 6. The van der Waals surface area contributed by atoms with Gasteiger partial charge in [0.1, 0.15) is 28.7 Å². The first-order valence-electron chi connectivity index (χ1n) is 17.3. The van der Waals surface area contributed by atoms with Crippen LogP contribution in [0.3, 0.4) is 0 Å². The quantitative estimate of drug-likeness (QED) is 0.191. The first-order valence-corrected chi connectivity index (χ1v) is 17.3. The number of aromatic nitrogens is 1. The van der Waals surface area contributed by atoms with Crippen LogP contribution in [-0.2, 0) is 0 Å². The van der Waals surface area contributed by atoms with Crippen LogP contribution in [-0.4, -0.2) is 16.7 Å². The van der Waals surface area contributed by atoms with E-state index in [9.17, 15) is 0 Å². The van der Waals surface area contributed by atoms with E-state index < -0.39 is 0 Å². The molecule has 6 nitrogen and oxygen atoms in total. The van der Waals surface area contributed by atoms with Crippen molar-refractivity contribution in [2.24, 2.45) is 9.98 Å². The van der Waals surface area contributed by atoms with Crippen molar-refractivity contribution in [1.82, 2.24) is 10.3 Å². The fourth-order valence-corrected chi connectivity index (χ4v) is 6.98. The van der Waals surface area contributed by atoms with Gasteiger partial charge in [0.25, 0.3) is 0 Å². The zero-order chi connectivity index (χ0) is 34.4. The number of benzene rings is 7. The highest BCUT2D eigenvalue weighted by atomic mass is 16.3. The van der Waals surface area contributed by atoms with Crippen molar-refractivity contribution in [3.8, 4) is 33.7 Å². The Morgan fingerprint density at radius 3 is 1.92 bits per heavy atom. The number of aliphatic imine (C=N–C) groups is 2. The molecule has 52 heavy (non-hydrogen) atoms. The Morgan fingerprint density at radius 1 is 0.481 bits per heavy atom. The SMILES string of the molecule is c1ccc(C2=NC(c3ccccc3)NC(c3cccc4oc5ccc(-c6ccc7nc(-c8ccc(-c9ccccc9)cc8)oc7c6)cc5c34)=N2)cc1. The lowest BCUT2D eigenvalue weighted by Gasteiger charge is -2.24. The van der Waals surface area contributed by atoms with Crippen molar-refractivity contribution in [1.29, 1.82) is 0 Å². The van der Waals surface area contributed by atoms with Gasteiger partial charge in [-0.05, 0) is 70.3 Å². The largest absolute Gasteiger partial charge is 0.456 e. The second-order valence-electron chi connectivity index (χ2n) is 12.9. The standard InChI is InChI=1S/C46H30N4O2/c1-4-11-29(12-5-1)30-19-21-33(22-20-30)46-47-38-25-23-35(28-41(38)52-46)34-24-26-39-37(27-34)42-36(17-10-18-40(42)51-39)45-49-43(31-13-6-2-7-14-31)48-44(50-45)32-15-8-3-9-16-32/h1-28,43H,(H,48,49,50). The van der Waals surface area contributed by atoms with Gasteiger partial charge in [0.15, 0.2) is 11.4 Å². The Labute approximate surface area is 299 Å². The molecule has 6 heteroatoms. The number of oxazole rings is 1. The van der Waals surface area contributed by atoms with Crippen molar-refractivity contribution in [2.75, 3.05) is 0 Å². The number of amidine groups is 2. The molecule has 1 N–H and O–H groups in total. The van der Waals surface area contributed by atoms with Gasteiger partial charge in [0, 0.05) is 27.5 Å². The van der Waals surface area contributed by atoms with Gasteiger partial charge < -0.3 is 14.2 Å². The highest BCUT2D eigenvalue weighted by molar-refractivity contribution is 6.22. The Hall–Kier alpha value is -7.05. The molecule has 0 spiro atoms. The van der Waals surface area contributed by atoms with E-state index in [1.165, 1.54) is 5.56 Å². The highest BCUT2D eigenvalue weighted by Crippen LogP contribution is 2.37. The van der Waals surface area contributed by atoms with Gasteiger partial charge >= 0.3 is 0 Å². The summed E-state index contributed by atoms with van der Waals surface area (Å²) in [6, 6.07) is 57.7. The predicted molar refractivity (Wildman–Crippen MR) is 209 cm³/mol. The number of hydrogen-bond donors (Lipinski definition) is 1. The fraction of sp³-hybridized carbons (Fsp3) is 0.0217. The first kappa shape index (κ1) is 29.8. The van der Waals surface area contributed by atoms with Crippen LogP contribution in [0.1, 0.15) is 22.9 Å². The van der Waals surface area contributed by atoms with E-state index in [4.69, 9.17) is 23.8 Å². The molecule has 0 saturated carbocycles. The third kappa shape index (κ3) is 5.34. The maximum atomic E-state index is 6.42. The second kappa shape index (κ2) is 12.4. The number of fused-ring (bicyclic) bond motifs is 4. The average molecular weight is 671 g/mol. The normalized spacial score (nSPS) is 14.3. The number of nitrogens with zero attached hydrogens (tertiary/aromatic N) is 3. The predicted octanol–water partition coefficient (Wildman–Crippen LogP) is 11.2. The van der Waals surface area contributed by atoms with Gasteiger partial charge in [-0.2, -0.15) is 0 Å². The summed E-state index contributed by atoms with van der Waals surface area (Å²) in [4.78, 5) is 14.9. The second-order valence-corrected chi connectivity index (χ2v) is 12.9. The molecule has 1 atom stereocenters. The van der Waals surface area contributed by atoms with Crippen LogP contribution < -0.4 is 5.32 Å². The van der Waals surface area contributed by atoms with Gasteiger partial charge in [-0.25, -0.2) is 15.0 Å². The molecule has 1 unspecified atom stereocenters. The minimum Gasteiger partial charge on any atom is -0.456 e. The minimum atomic E-state index is -0.298. The van der Waals surface area contributed by atoms with Crippen LogP contribution in [0, 0.1) is 0 Å². The summed E-state index contributed by atoms with van der Waals surface area (Å²) < 4.78 is 12.7. The van der Waals surface area contributed by atoms with Crippen molar-refractivity contribution >= 4 is 44.7 Å². The van der Waals surface area contributed by atoms with Crippen molar-refractivity contribution in [3.05, 3.63) is 187 Å². The third-order valence-electron chi connectivity index (χ3n) is 9.60. The van der Waals surface area contributed by atoms with E-state index in [0.29, 0.717) is 11.7 Å². The monoisotopic (exact) mass is 670 g/mol.